The molecule has 78 valence electrons. The lowest BCUT2D eigenvalue weighted by Crippen LogP contribution is -2.18. The topological polar surface area (TPSA) is 31.2 Å². The van der Waals surface area contributed by atoms with Crippen molar-refractivity contribution in [3.05, 3.63) is 39.1 Å². The summed E-state index contributed by atoms with van der Waals surface area (Å²) in [6.45, 7) is 0. The maximum absolute atomic E-state index is 11.7. The number of halogens is 1. The molecule has 0 amide bonds. The second-order valence-corrected chi connectivity index (χ2v) is 4.10. The van der Waals surface area contributed by atoms with E-state index in [2.05, 4.69) is 15.9 Å². The Bertz CT molecular complexity index is 575. The van der Waals surface area contributed by atoms with Crippen LogP contribution >= 0.6 is 15.9 Å². The molecule has 2 aromatic rings. The molecule has 0 bridgehead atoms. The zero-order valence-corrected chi connectivity index (χ0v) is 10.0. The largest absolute Gasteiger partial charge is 0.491 e. The number of aromatic nitrogens is 1. The van der Waals surface area contributed by atoms with Crippen molar-refractivity contribution in [3.8, 4) is 5.75 Å². The summed E-state index contributed by atoms with van der Waals surface area (Å²) in [6, 6.07) is 7.49. The van der Waals surface area contributed by atoms with Gasteiger partial charge in [-0.25, -0.2) is 0 Å². The van der Waals surface area contributed by atoms with E-state index in [0.717, 1.165) is 15.4 Å². The fourth-order valence-corrected chi connectivity index (χ4v) is 2.04. The third kappa shape index (κ3) is 1.55. The molecule has 0 unspecified atom stereocenters. The molecule has 1 aromatic heterocycles. The van der Waals surface area contributed by atoms with Crippen LogP contribution in [0.4, 0.5) is 0 Å². The third-order valence-corrected chi connectivity index (χ3v) is 3.09. The Balaban J connectivity index is 2.97. The maximum atomic E-state index is 11.7. The molecule has 15 heavy (non-hydrogen) atoms. The van der Waals surface area contributed by atoms with Gasteiger partial charge in [-0.1, -0.05) is 22.0 Å². The average molecular weight is 268 g/mol. The highest BCUT2D eigenvalue weighted by atomic mass is 79.9. The predicted octanol–water partition coefficient (Wildman–Crippen LogP) is 2.31. The number of benzene rings is 1. The van der Waals surface area contributed by atoms with Gasteiger partial charge in [0.15, 0.2) is 5.75 Å². The summed E-state index contributed by atoms with van der Waals surface area (Å²) in [7, 11) is 3.24. The number of pyridine rings is 1. The van der Waals surface area contributed by atoms with E-state index in [0.29, 0.717) is 5.75 Å². The minimum absolute atomic E-state index is 0.122. The van der Waals surface area contributed by atoms with E-state index < -0.39 is 0 Å². The molecule has 0 fully saturated rings. The van der Waals surface area contributed by atoms with Crippen LogP contribution in [0.25, 0.3) is 10.9 Å². The van der Waals surface area contributed by atoms with E-state index in [-0.39, 0.29) is 5.56 Å². The summed E-state index contributed by atoms with van der Waals surface area (Å²) >= 11 is 3.45. The number of rotatable bonds is 1. The lowest BCUT2D eigenvalue weighted by Gasteiger charge is -2.08. The van der Waals surface area contributed by atoms with Crippen LogP contribution in [-0.2, 0) is 7.05 Å². The zero-order valence-electron chi connectivity index (χ0n) is 8.45. The van der Waals surface area contributed by atoms with E-state index >= 15 is 0 Å². The molecule has 0 aliphatic heterocycles. The first-order valence-electron chi connectivity index (χ1n) is 4.47. The van der Waals surface area contributed by atoms with Gasteiger partial charge in [-0.15, -0.1) is 0 Å². The molecule has 4 heteroatoms. The Morgan fingerprint density at radius 3 is 2.80 bits per heavy atom. The van der Waals surface area contributed by atoms with Gasteiger partial charge in [0.1, 0.15) is 0 Å². The van der Waals surface area contributed by atoms with E-state index in [1.54, 1.807) is 17.7 Å². The summed E-state index contributed by atoms with van der Waals surface area (Å²) in [5.74, 6) is 0.358. The molecule has 0 radical (unpaired) electrons. The quantitative estimate of drug-likeness (QED) is 0.794. The second-order valence-electron chi connectivity index (χ2n) is 3.25. The normalized spacial score (nSPS) is 10.6. The molecule has 0 N–H and O–H groups in total. The summed E-state index contributed by atoms with van der Waals surface area (Å²) in [4.78, 5) is 11.7. The maximum Gasteiger partial charge on any atom is 0.293 e. The Kier molecular flexibility index (Phi) is 2.52. The number of fused-ring (bicyclic) bond motifs is 1. The predicted molar refractivity (Wildman–Crippen MR) is 63.4 cm³/mol. The standard InChI is InChI=1S/C11H10BrNO2/c1-13-9-5-3-4-8(12)7(9)6-10(15-2)11(13)14/h3-6H,1-2H3. The van der Waals surface area contributed by atoms with Gasteiger partial charge in [-0.05, 0) is 18.2 Å². The van der Waals surface area contributed by atoms with E-state index in [9.17, 15) is 4.79 Å². The third-order valence-electron chi connectivity index (χ3n) is 2.40. The lowest BCUT2D eigenvalue weighted by molar-refractivity contribution is 0.406. The van der Waals surface area contributed by atoms with Crippen LogP contribution in [0.3, 0.4) is 0 Å². The van der Waals surface area contributed by atoms with Gasteiger partial charge in [-0.2, -0.15) is 0 Å². The van der Waals surface area contributed by atoms with Crippen molar-refractivity contribution in [2.75, 3.05) is 7.11 Å². The molecule has 1 heterocycles. The van der Waals surface area contributed by atoms with Crippen LogP contribution in [0.5, 0.6) is 5.75 Å². The molecule has 0 aliphatic carbocycles. The fourth-order valence-electron chi connectivity index (χ4n) is 1.57. The average Bonchev–Trinajstić information content (AvgIpc) is 2.24. The summed E-state index contributed by atoms with van der Waals surface area (Å²) < 4.78 is 7.57. The van der Waals surface area contributed by atoms with E-state index in [1.165, 1.54) is 7.11 Å². The first kappa shape index (κ1) is 10.2. The van der Waals surface area contributed by atoms with Crippen molar-refractivity contribution in [2.24, 2.45) is 7.05 Å². The first-order chi connectivity index (χ1) is 7.15. The Morgan fingerprint density at radius 1 is 1.40 bits per heavy atom. The number of aryl methyl sites for hydroxylation is 1. The number of hydrogen-bond donors (Lipinski definition) is 0. The summed E-state index contributed by atoms with van der Waals surface area (Å²) in [5.41, 5.74) is 0.762. The molecule has 0 spiro atoms. The van der Waals surface area contributed by atoms with Crippen LogP contribution in [0.1, 0.15) is 0 Å². The zero-order chi connectivity index (χ0) is 11.0. The number of ether oxygens (including phenoxy) is 1. The smallest absolute Gasteiger partial charge is 0.293 e. The van der Waals surface area contributed by atoms with Crippen molar-refractivity contribution in [3.63, 3.8) is 0 Å². The Morgan fingerprint density at radius 2 is 2.13 bits per heavy atom. The highest BCUT2D eigenvalue weighted by Crippen LogP contribution is 2.24. The van der Waals surface area contributed by atoms with Gasteiger partial charge < -0.3 is 9.30 Å². The monoisotopic (exact) mass is 267 g/mol. The lowest BCUT2D eigenvalue weighted by atomic mass is 10.2. The molecule has 0 saturated heterocycles. The van der Waals surface area contributed by atoms with Gasteiger partial charge >= 0.3 is 0 Å². The van der Waals surface area contributed by atoms with Gasteiger partial charge in [0.2, 0.25) is 0 Å². The molecule has 2 rings (SSSR count). The molecule has 0 aliphatic rings. The van der Waals surface area contributed by atoms with Crippen LogP contribution in [0.15, 0.2) is 33.5 Å². The van der Waals surface area contributed by atoms with Crippen molar-refractivity contribution < 1.29 is 4.74 Å². The van der Waals surface area contributed by atoms with Crippen LogP contribution in [-0.4, -0.2) is 11.7 Å². The summed E-state index contributed by atoms with van der Waals surface area (Å²) in [5, 5.41) is 0.969. The van der Waals surface area contributed by atoms with Crippen molar-refractivity contribution in [1.29, 1.82) is 0 Å². The molecule has 1 aromatic carbocycles. The number of nitrogens with zero attached hydrogens (tertiary/aromatic N) is 1. The van der Waals surface area contributed by atoms with Gasteiger partial charge in [0, 0.05) is 16.9 Å². The second kappa shape index (κ2) is 3.70. The highest BCUT2D eigenvalue weighted by Gasteiger charge is 2.08. The molecule has 3 nitrogen and oxygen atoms in total. The molecule has 0 saturated carbocycles. The number of hydrogen-bond acceptors (Lipinski definition) is 2. The molecular weight excluding hydrogens is 258 g/mol. The van der Waals surface area contributed by atoms with E-state index in [4.69, 9.17) is 4.74 Å². The SMILES string of the molecule is COc1cc2c(Br)cccc2n(C)c1=O. The first-order valence-corrected chi connectivity index (χ1v) is 5.26. The van der Waals surface area contributed by atoms with Crippen molar-refractivity contribution in [1.82, 2.24) is 4.57 Å². The number of methoxy groups -OCH3 is 1. The van der Waals surface area contributed by atoms with Crippen LogP contribution in [0.2, 0.25) is 0 Å². The molecular formula is C11H10BrNO2. The Hall–Kier alpha value is -1.29. The fraction of sp³-hybridized carbons (Fsp3) is 0.182. The minimum atomic E-state index is -0.122. The van der Waals surface area contributed by atoms with Crippen molar-refractivity contribution in [2.45, 2.75) is 0 Å². The molecule has 0 atom stereocenters. The van der Waals surface area contributed by atoms with Gasteiger partial charge in [-0.3, -0.25) is 4.79 Å². The van der Waals surface area contributed by atoms with Crippen molar-refractivity contribution >= 4 is 26.8 Å². The van der Waals surface area contributed by atoms with Crippen LogP contribution in [0, 0.1) is 0 Å². The van der Waals surface area contributed by atoms with E-state index in [1.807, 2.05) is 18.2 Å². The van der Waals surface area contributed by atoms with Gasteiger partial charge in [0.25, 0.3) is 5.56 Å². The Labute approximate surface area is 95.4 Å². The summed E-state index contributed by atoms with van der Waals surface area (Å²) in [6.07, 6.45) is 0. The van der Waals surface area contributed by atoms with Gasteiger partial charge in [0.05, 0.1) is 12.6 Å². The minimum Gasteiger partial charge on any atom is -0.491 e. The van der Waals surface area contributed by atoms with Crippen LogP contribution < -0.4 is 10.3 Å². The highest BCUT2D eigenvalue weighted by molar-refractivity contribution is 9.10.